The highest BCUT2D eigenvalue weighted by Crippen LogP contribution is 2.46. The molecule has 0 amide bonds. The average Bonchev–Trinajstić information content (AvgIpc) is 2.83. The van der Waals surface area contributed by atoms with Gasteiger partial charge in [-0.15, -0.1) is 0 Å². The molecule has 2 saturated carbocycles. The summed E-state index contributed by atoms with van der Waals surface area (Å²) < 4.78 is 46.5. The number of ether oxygens (including phenoxy) is 3. The highest BCUT2D eigenvalue weighted by molar-refractivity contribution is 6.32. The molecule has 0 aromatic heterocycles. The molecule has 0 bridgehead atoms. The number of halogens is 3. The molecule has 1 heterocycles. The molecule has 3 aliphatic rings. The molecular formula is C27H39ClF2O3. The van der Waals surface area contributed by atoms with Crippen molar-refractivity contribution in [3.8, 4) is 5.75 Å². The standard InChI is InChI=1S/C27H39ClF2O3/c1-3-15-27(30)16-32-26(33-17-27)21-11-7-19(8-12-21)18-5-9-20(10-6-18)22-13-14-23(31-4-2)24(28)25(22)29/h13-14,18-21,26H,3-12,15-17H2,1-2H3. The van der Waals surface area contributed by atoms with Crippen molar-refractivity contribution in [1.82, 2.24) is 0 Å². The summed E-state index contributed by atoms with van der Waals surface area (Å²) in [6.07, 6.45) is 9.91. The van der Waals surface area contributed by atoms with Gasteiger partial charge in [-0.25, -0.2) is 8.78 Å². The fourth-order valence-electron chi connectivity index (χ4n) is 6.34. The smallest absolute Gasteiger partial charge is 0.160 e. The normalized spacial score (nSPS) is 35.4. The Morgan fingerprint density at radius 2 is 1.52 bits per heavy atom. The molecule has 1 aromatic rings. The Bertz CT molecular complexity index is 765. The van der Waals surface area contributed by atoms with Crippen molar-refractivity contribution in [2.75, 3.05) is 19.8 Å². The van der Waals surface area contributed by atoms with Crippen LogP contribution >= 0.6 is 11.6 Å². The van der Waals surface area contributed by atoms with Gasteiger partial charge in [0.1, 0.15) is 16.6 Å². The highest BCUT2D eigenvalue weighted by atomic mass is 35.5. The molecule has 0 atom stereocenters. The maximum Gasteiger partial charge on any atom is 0.160 e. The van der Waals surface area contributed by atoms with Gasteiger partial charge in [-0.3, -0.25) is 0 Å². The zero-order chi connectivity index (χ0) is 23.4. The number of hydrogen-bond donors (Lipinski definition) is 0. The van der Waals surface area contributed by atoms with Crippen LogP contribution in [-0.4, -0.2) is 31.8 Å². The Morgan fingerprint density at radius 1 is 0.939 bits per heavy atom. The van der Waals surface area contributed by atoms with Gasteiger partial charge in [0.05, 0.1) is 19.8 Å². The molecule has 0 N–H and O–H groups in total. The van der Waals surface area contributed by atoms with Crippen LogP contribution in [0, 0.1) is 23.6 Å². The van der Waals surface area contributed by atoms with Crippen LogP contribution in [0.5, 0.6) is 5.75 Å². The fourth-order valence-corrected chi connectivity index (χ4v) is 6.56. The first-order valence-corrected chi connectivity index (χ1v) is 13.3. The second-order valence-electron chi connectivity index (χ2n) is 10.4. The van der Waals surface area contributed by atoms with E-state index in [1.807, 2.05) is 26.0 Å². The fraction of sp³-hybridized carbons (Fsp3) is 0.778. The van der Waals surface area contributed by atoms with Crippen LogP contribution < -0.4 is 4.74 Å². The van der Waals surface area contributed by atoms with Gasteiger partial charge in [-0.1, -0.05) is 31.0 Å². The quantitative estimate of drug-likeness (QED) is 0.394. The van der Waals surface area contributed by atoms with Gasteiger partial charge < -0.3 is 14.2 Å². The summed E-state index contributed by atoms with van der Waals surface area (Å²) in [5.41, 5.74) is -0.571. The van der Waals surface area contributed by atoms with Crippen molar-refractivity contribution in [2.45, 2.75) is 95.9 Å². The maximum atomic E-state index is 14.9. The SMILES string of the molecule is CCCC1(F)COC(C2CCC(C3CCC(c4ccc(OCC)c(Cl)c4F)CC3)CC2)OC1. The molecule has 2 aliphatic carbocycles. The molecule has 0 radical (unpaired) electrons. The molecule has 0 spiro atoms. The van der Waals surface area contributed by atoms with E-state index in [4.69, 9.17) is 25.8 Å². The third-order valence-electron chi connectivity index (χ3n) is 8.17. The van der Waals surface area contributed by atoms with Crippen LogP contribution in [-0.2, 0) is 9.47 Å². The summed E-state index contributed by atoms with van der Waals surface area (Å²) in [5.74, 6) is 2.16. The van der Waals surface area contributed by atoms with Gasteiger partial charge in [0.25, 0.3) is 0 Å². The highest BCUT2D eigenvalue weighted by Gasteiger charge is 2.41. The minimum atomic E-state index is -1.31. The molecule has 6 heteroatoms. The zero-order valence-corrected chi connectivity index (χ0v) is 20.8. The van der Waals surface area contributed by atoms with Crippen LogP contribution in [0.1, 0.15) is 89.5 Å². The molecule has 4 rings (SSSR count). The summed E-state index contributed by atoms with van der Waals surface area (Å²) in [6, 6.07) is 3.67. The molecule has 1 aromatic carbocycles. The maximum absolute atomic E-state index is 14.9. The largest absolute Gasteiger partial charge is 0.492 e. The van der Waals surface area contributed by atoms with E-state index >= 15 is 0 Å². The van der Waals surface area contributed by atoms with Gasteiger partial charge in [-0.05, 0) is 94.1 Å². The molecule has 1 saturated heterocycles. The molecule has 1 aliphatic heterocycles. The van der Waals surface area contributed by atoms with E-state index in [9.17, 15) is 8.78 Å². The minimum Gasteiger partial charge on any atom is -0.492 e. The van der Waals surface area contributed by atoms with Crippen LogP contribution in [0.4, 0.5) is 8.78 Å². The Balaban J connectivity index is 1.24. The van der Waals surface area contributed by atoms with Crippen LogP contribution in [0.3, 0.4) is 0 Å². The summed E-state index contributed by atoms with van der Waals surface area (Å²) >= 11 is 6.21. The van der Waals surface area contributed by atoms with Crippen molar-refractivity contribution in [1.29, 1.82) is 0 Å². The van der Waals surface area contributed by atoms with E-state index in [0.717, 1.165) is 56.4 Å². The molecule has 186 valence electrons. The molecule has 33 heavy (non-hydrogen) atoms. The van der Waals surface area contributed by atoms with Crippen molar-refractivity contribution in [3.63, 3.8) is 0 Å². The van der Waals surface area contributed by atoms with Crippen LogP contribution in [0.25, 0.3) is 0 Å². The Hall–Kier alpha value is -0.910. The van der Waals surface area contributed by atoms with Gasteiger partial charge in [0.2, 0.25) is 0 Å². The van der Waals surface area contributed by atoms with E-state index in [1.54, 1.807) is 0 Å². The molecule has 3 nitrogen and oxygen atoms in total. The Morgan fingerprint density at radius 3 is 2.09 bits per heavy atom. The molecule has 3 fully saturated rings. The second-order valence-corrected chi connectivity index (χ2v) is 10.8. The van der Waals surface area contributed by atoms with E-state index in [2.05, 4.69) is 0 Å². The molecule has 0 unspecified atom stereocenters. The summed E-state index contributed by atoms with van der Waals surface area (Å²) in [4.78, 5) is 0. The van der Waals surface area contributed by atoms with E-state index in [1.165, 1.54) is 12.8 Å². The van der Waals surface area contributed by atoms with Gasteiger partial charge in [0, 0.05) is 5.92 Å². The third kappa shape index (κ3) is 5.85. The van der Waals surface area contributed by atoms with Crippen molar-refractivity contribution in [2.24, 2.45) is 17.8 Å². The lowest BCUT2D eigenvalue weighted by Gasteiger charge is -2.42. The zero-order valence-electron chi connectivity index (χ0n) is 20.1. The first kappa shape index (κ1) is 25.2. The number of rotatable bonds is 7. The molecular weight excluding hydrogens is 446 g/mol. The van der Waals surface area contributed by atoms with Gasteiger partial charge in [0.15, 0.2) is 12.0 Å². The van der Waals surface area contributed by atoms with Crippen molar-refractivity contribution >= 4 is 11.6 Å². The third-order valence-corrected chi connectivity index (χ3v) is 8.52. The van der Waals surface area contributed by atoms with E-state index < -0.39 is 5.67 Å². The van der Waals surface area contributed by atoms with Gasteiger partial charge >= 0.3 is 0 Å². The average molecular weight is 485 g/mol. The second kappa shape index (κ2) is 11.2. The first-order chi connectivity index (χ1) is 15.9. The summed E-state index contributed by atoms with van der Waals surface area (Å²) in [5, 5.41) is 0.113. The van der Waals surface area contributed by atoms with Crippen molar-refractivity contribution in [3.05, 3.63) is 28.5 Å². The number of benzene rings is 1. The first-order valence-electron chi connectivity index (χ1n) is 13.0. The van der Waals surface area contributed by atoms with E-state index in [-0.39, 0.29) is 36.3 Å². The lowest BCUT2D eigenvalue weighted by molar-refractivity contribution is -0.258. The Labute approximate surface area is 202 Å². The summed E-state index contributed by atoms with van der Waals surface area (Å²) in [6.45, 7) is 4.67. The minimum absolute atomic E-state index is 0.113. The summed E-state index contributed by atoms with van der Waals surface area (Å²) in [7, 11) is 0. The lowest BCUT2D eigenvalue weighted by Crippen LogP contribution is -2.47. The number of alkyl halides is 1. The predicted octanol–water partition coefficient (Wildman–Crippen LogP) is 7.84. The van der Waals surface area contributed by atoms with Crippen molar-refractivity contribution < 1.29 is 23.0 Å². The van der Waals surface area contributed by atoms with Crippen LogP contribution in [0.2, 0.25) is 5.02 Å². The number of hydrogen-bond acceptors (Lipinski definition) is 3. The predicted molar refractivity (Wildman–Crippen MR) is 127 cm³/mol. The topological polar surface area (TPSA) is 27.7 Å². The van der Waals surface area contributed by atoms with Crippen LogP contribution in [0.15, 0.2) is 12.1 Å². The lowest BCUT2D eigenvalue weighted by atomic mass is 9.68. The monoisotopic (exact) mass is 484 g/mol. The Kier molecular flexibility index (Phi) is 8.56. The van der Waals surface area contributed by atoms with E-state index in [0.29, 0.717) is 30.6 Å². The van der Waals surface area contributed by atoms with Gasteiger partial charge in [-0.2, -0.15) is 0 Å².